The molecule has 0 bridgehead atoms. The van der Waals surface area contributed by atoms with Crippen molar-refractivity contribution in [2.75, 3.05) is 26.4 Å². The molecule has 1 aliphatic rings. The van der Waals surface area contributed by atoms with E-state index in [0.717, 1.165) is 24.6 Å². The first-order valence-electron chi connectivity index (χ1n) is 7.19. The number of para-hydroxylation sites is 1. The fourth-order valence-corrected chi connectivity index (χ4v) is 2.22. The van der Waals surface area contributed by atoms with E-state index in [9.17, 15) is 0 Å². The Kier molecular flexibility index (Phi) is 4.59. The topological polar surface area (TPSA) is 39.7 Å². The maximum atomic E-state index is 5.77. The van der Waals surface area contributed by atoms with Gasteiger partial charge in [-0.15, -0.1) is 0 Å². The molecular formula is C17H19NO3. The number of hydrogen-bond acceptors (Lipinski definition) is 4. The second kappa shape index (κ2) is 6.99. The van der Waals surface area contributed by atoms with E-state index in [1.54, 1.807) is 0 Å². The molecule has 1 N–H and O–H groups in total. The van der Waals surface area contributed by atoms with Crippen LogP contribution in [0.4, 0.5) is 0 Å². The van der Waals surface area contributed by atoms with Crippen LogP contribution in [0, 0.1) is 0 Å². The van der Waals surface area contributed by atoms with Crippen molar-refractivity contribution in [1.29, 1.82) is 0 Å². The van der Waals surface area contributed by atoms with Gasteiger partial charge in [-0.05, 0) is 17.7 Å². The van der Waals surface area contributed by atoms with Gasteiger partial charge in [-0.1, -0.05) is 36.4 Å². The van der Waals surface area contributed by atoms with Crippen LogP contribution in [0.25, 0.3) is 0 Å². The van der Waals surface area contributed by atoms with Crippen LogP contribution in [0.1, 0.15) is 5.56 Å². The van der Waals surface area contributed by atoms with Crippen LogP contribution < -0.4 is 19.5 Å². The summed E-state index contributed by atoms with van der Waals surface area (Å²) in [5.74, 6) is 2.22. The van der Waals surface area contributed by atoms with Crippen LogP contribution >= 0.6 is 0 Å². The number of nitrogens with one attached hydrogen (secondary N) is 1. The first-order chi connectivity index (χ1) is 10.4. The van der Waals surface area contributed by atoms with Gasteiger partial charge in [0.2, 0.25) is 5.75 Å². The SMILES string of the molecule is c1ccc(CNCCOc2cccc3c2OCCO3)cc1. The lowest BCUT2D eigenvalue weighted by atomic mass is 10.2. The Morgan fingerprint density at radius 2 is 1.81 bits per heavy atom. The zero-order valence-electron chi connectivity index (χ0n) is 11.9. The largest absolute Gasteiger partial charge is 0.488 e. The van der Waals surface area contributed by atoms with Crippen molar-refractivity contribution >= 4 is 0 Å². The maximum Gasteiger partial charge on any atom is 0.203 e. The second-order valence-electron chi connectivity index (χ2n) is 4.79. The van der Waals surface area contributed by atoms with E-state index < -0.39 is 0 Å². The lowest BCUT2D eigenvalue weighted by molar-refractivity contribution is 0.162. The van der Waals surface area contributed by atoms with Crippen LogP contribution in [0.2, 0.25) is 0 Å². The van der Waals surface area contributed by atoms with Crippen LogP contribution in [0.3, 0.4) is 0 Å². The van der Waals surface area contributed by atoms with Crippen LogP contribution in [0.5, 0.6) is 17.2 Å². The van der Waals surface area contributed by atoms with Gasteiger partial charge in [0.05, 0.1) is 0 Å². The molecule has 0 amide bonds. The zero-order valence-corrected chi connectivity index (χ0v) is 11.9. The average Bonchev–Trinajstić information content (AvgIpc) is 2.56. The summed E-state index contributed by atoms with van der Waals surface area (Å²) in [4.78, 5) is 0. The van der Waals surface area contributed by atoms with Crippen molar-refractivity contribution in [1.82, 2.24) is 5.32 Å². The molecule has 0 unspecified atom stereocenters. The van der Waals surface area contributed by atoms with Gasteiger partial charge in [0.25, 0.3) is 0 Å². The van der Waals surface area contributed by atoms with Crippen molar-refractivity contribution in [3.05, 3.63) is 54.1 Å². The Hall–Kier alpha value is -2.20. The van der Waals surface area contributed by atoms with Gasteiger partial charge in [-0.2, -0.15) is 0 Å². The van der Waals surface area contributed by atoms with Crippen molar-refractivity contribution < 1.29 is 14.2 Å². The summed E-state index contributed by atoms with van der Waals surface area (Å²) in [5, 5.41) is 3.35. The highest BCUT2D eigenvalue weighted by Gasteiger charge is 2.16. The number of hydrogen-bond donors (Lipinski definition) is 1. The summed E-state index contributed by atoms with van der Waals surface area (Å²) >= 11 is 0. The number of benzene rings is 2. The third-order valence-electron chi connectivity index (χ3n) is 3.24. The molecule has 0 saturated carbocycles. The summed E-state index contributed by atoms with van der Waals surface area (Å²) in [6, 6.07) is 16.0. The lowest BCUT2D eigenvalue weighted by Gasteiger charge is -2.20. The zero-order chi connectivity index (χ0) is 14.3. The smallest absolute Gasteiger partial charge is 0.203 e. The minimum absolute atomic E-state index is 0.569. The second-order valence-corrected chi connectivity index (χ2v) is 4.79. The Balaban J connectivity index is 1.45. The molecular weight excluding hydrogens is 266 g/mol. The molecule has 3 rings (SSSR count). The van der Waals surface area contributed by atoms with Crippen LogP contribution in [-0.4, -0.2) is 26.4 Å². The molecule has 4 heteroatoms. The molecule has 0 aliphatic carbocycles. The molecule has 0 aromatic heterocycles. The third kappa shape index (κ3) is 3.67. The normalized spacial score (nSPS) is 13.0. The highest BCUT2D eigenvalue weighted by atomic mass is 16.6. The maximum absolute atomic E-state index is 5.77. The van der Waals surface area contributed by atoms with Crippen LogP contribution in [0.15, 0.2) is 48.5 Å². The minimum Gasteiger partial charge on any atom is -0.488 e. The van der Waals surface area contributed by atoms with E-state index in [4.69, 9.17) is 14.2 Å². The fourth-order valence-electron chi connectivity index (χ4n) is 2.22. The molecule has 2 aromatic rings. The first-order valence-corrected chi connectivity index (χ1v) is 7.19. The molecule has 1 aliphatic heterocycles. The molecule has 0 atom stereocenters. The molecule has 0 spiro atoms. The first kappa shape index (κ1) is 13.8. The molecule has 0 radical (unpaired) electrons. The number of fused-ring (bicyclic) bond motifs is 1. The Labute approximate surface area is 124 Å². The highest BCUT2D eigenvalue weighted by Crippen LogP contribution is 2.38. The van der Waals surface area contributed by atoms with Gasteiger partial charge in [-0.3, -0.25) is 0 Å². The molecule has 1 heterocycles. The predicted octanol–water partition coefficient (Wildman–Crippen LogP) is 2.63. The van der Waals surface area contributed by atoms with Gasteiger partial charge in [-0.25, -0.2) is 0 Å². The monoisotopic (exact) mass is 285 g/mol. The fraction of sp³-hybridized carbons (Fsp3) is 0.294. The summed E-state index contributed by atoms with van der Waals surface area (Å²) in [7, 11) is 0. The lowest BCUT2D eigenvalue weighted by Crippen LogP contribution is -2.21. The molecule has 21 heavy (non-hydrogen) atoms. The van der Waals surface area contributed by atoms with E-state index in [1.807, 2.05) is 36.4 Å². The van der Waals surface area contributed by atoms with Crippen molar-refractivity contribution in [2.24, 2.45) is 0 Å². The van der Waals surface area contributed by atoms with Gasteiger partial charge < -0.3 is 19.5 Å². The Morgan fingerprint density at radius 3 is 2.71 bits per heavy atom. The third-order valence-corrected chi connectivity index (χ3v) is 3.24. The predicted molar refractivity (Wildman–Crippen MR) is 81.1 cm³/mol. The molecule has 4 nitrogen and oxygen atoms in total. The van der Waals surface area contributed by atoms with Gasteiger partial charge in [0.1, 0.15) is 19.8 Å². The van der Waals surface area contributed by atoms with Gasteiger partial charge >= 0.3 is 0 Å². The van der Waals surface area contributed by atoms with Gasteiger partial charge in [0.15, 0.2) is 11.5 Å². The van der Waals surface area contributed by atoms with E-state index in [-0.39, 0.29) is 0 Å². The van der Waals surface area contributed by atoms with Gasteiger partial charge in [0, 0.05) is 13.1 Å². The summed E-state index contributed by atoms with van der Waals surface area (Å²) in [6.07, 6.45) is 0. The summed E-state index contributed by atoms with van der Waals surface area (Å²) < 4.78 is 16.9. The Bertz CT molecular complexity index is 572. The van der Waals surface area contributed by atoms with E-state index in [1.165, 1.54) is 5.56 Å². The Morgan fingerprint density at radius 1 is 0.952 bits per heavy atom. The van der Waals surface area contributed by atoms with Crippen molar-refractivity contribution in [3.63, 3.8) is 0 Å². The number of rotatable bonds is 6. The molecule has 110 valence electrons. The van der Waals surface area contributed by atoms with E-state index >= 15 is 0 Å². The molecule has 0 fully saturated rings. The summed E-state index contributed by atoms with van der Waals surface area (Å²) in [5.41, 5.74) is 1.27. The van der Waals surface area contributed by atoms with Crippen molar-refractivity contribution in [2.45, 2.75) is 6.54 Å². The minimum atomic E-state index is 0.569. The molecule has 0 saturated heterocycles. The van der Waals surface area contributed by atoms with Crippen molar-refractivity contribution in [3.8, 4) is 17.2 Å². The number of ether oxygens (including phenoxy) is 3. The average molecular weight is 285 g/mol. The summed E-state index contributed by atoms with van der Waals surface area (Å²) in [6.45, 7) is 3.37. The van der Waals surface area contributed by atoms with E-state index in [2.05, 4.69) is 17.4 Å². The highest BCUT2D eigenvalue weighted by molar-refractivity contribution is 5.51. The quantitative estimate of drug-likeness (QED) is 0.828. The van der Waals surface area contributed by atoms with Crippen LogP contribution in [-0.2, 0) is 6.54 Å². The van der Waals surface area contributed by atoms with E-state index in [0.29, 0.717) is 25.6 Å². The molecule has 2 aromatic carbocycles. The standard InChI is InChI=1S/C17H19NO3/c1-2-5-14(6-3-1)13-18-9-10-19-15-7-4-8-16-17(15)21-12-11-20-16/h1-8,18H,9-13H2.